The summed E-state index contributed by atoms with van der Waals surface area (Å²) < 4.78 is 0. The number of carbonyl (C=O) groups is 1. The predicted octanol–water partition coefficient (Wildman–Crippen LogP) is 2.80. The molecule has 0 aliphatic carbocycles. The Morgan fingerprint density at radius 2 is 1.36 bits per heavy atom. The molecule has 0 aliphatic heterocycles. The van der Waals surface area contributed by atoms with Gasteiger partial charge in [-0.1, -0.05) is 67.6 Å². The van der Waals surface area contributed by atoms with Gasteiger partial charge in [0, 0.05) is 0 Å². The molecule has 0 bridgehead atoms. The zero-order valence-corrected chi connectivity index (χ0v) is 13.2. The Labute approximate surface area is 136 Å². The number of halogens is 1. The smallest absolute Gasteiger partial charge is 0.257 e. The minimum atomic E-state index is -0.407. The number of benzene rings is 2. The van der Waals surface area contributed by atoms with Crippen LogP contribution in [0.5, 0.6) is 0 Å². The molecule has 2 aromatic carbocycles. The van der Waals surface area contributed by atoms with Crippen LogP contribution in [-0.4, -0.2) is 11.9 Å². The summed E-state index contributed by atoms with van der Waals surface area (Å²) in [4.78, 5) is 16.2. The lowest BCUT2D eigenvalue weighted by molar-refractivity contribution is -0.119. The molecule has 2 atom stereocenters. The summed E-state index contributed by atoms with van der Waals surface area (Å²) in [7, 11) is 0. The molecule has 0 saturated carbocycles. The van der Waals surface area contributed by atoms with Gasteiger partial charge in [-0.3, -0.25) is 4.79 Å². The van der Waals surface area contributed by atoms with Crippen LogP contribution >= 0.6 is 12.4 Å². The Kier molecular flexibility index (Phi) is 6.60. The standard InChI is InChI=1S/C17H19N3O.ClH/c1-12(13-8-4-2-5-9-13)15(16(21)20-17(18)19)14-10-6-3-7-11-14;/h2-12,15H,1H3,(H4,18,19,20,21);1H. The van der Waals surface area contributed by atoms with Gasteiger partial charge in [-0.15, -0.1) is 12.4 Å². The lowest BCUT2D eigenvalue weighted by Crippen LogP contribution is -2.27. The molecule has 116 valence electrons. The first-order valence-electron chi connectivity index (χ1n) is 6.83. The van der Waals surface area contributed by atoms with Gasteiger partial charge in [-0.2, -0.15) is 4.99 Å². The van der Waals surface area contributed by atoms with Crippen molar-refractivity contribution in [3.8, 4) is 0 Å². The van der Waals surface area contributed by atoms with Gasteiger partial charge in [0.15, 0.2) is 5.96 Å². The van der Waals surface area contributed by atoms with E-state index in [2.05, 4.69) is 4.99 Å². The molecule has 0 heterocycles. The van der Waals surface area contributed by atoms with E-state index in [0.717, 1.165) is 11.1 Å². The minimum Gasteiger partial charge on any atom is -0.370 e. The van der Waals surface area contributed by atoms with Gasteiger partial charge in [0.2, 0.25) is 0 Å². The van der Waals surface area contributed by atoms with Crippen LogP contribution in [0.1, 0.15) is 29.9 Å². The summed E-state index contributed by atoms with van der Waals surface area (Å²) >= 11 is 0. The lowest BCUT2D eigenvalue weighted by atomic mass is 9.82. The molecule has 1 amide bonds. The van der Waals surface area contributed by atoms with Crippen LogP contribution in [0.25, 0.3) is 0 Å². The number of rotatable bonds is 4. The summed E-state index contributed by atoms with van der Waals surface area (Å²) in [5, 5.41) is 0. The first-order chi connectivity index (χ1) is 10.1. The highest BCUT2D eigenvalue weighted by Gasteiger charge is 2.27. The fraction of sp³-hybridized carbons (Fsp3) is 0.176. The van der Waals surface area contributed by atoms with Crippen molar-refractivity contribution < 1.29 is 4.79 Å². The van der Waals surface area contributed by atoms with E-state index in [1.165, 1.54) is 0 Å². The number of guanidine groups is 1. The molecule has 0 radical (unpaired) electrons. The molecule has 2 unspecified atom stereocenters. The Balaban J connectivity index is 0.00000242. The van der Waals surface area contributed by atoms with Gasteiger partial charge in [0.1, 0.15) is 0 Å². The Morgan fingerprint density at radius 1 is 0.909 bits per heavy atom. The Bertz CT molecular complexity index is 625. The number of amides is 1. The molecule has 4 nitrogen and oxygen atoms in total. The van der Waals surface area contributed by atoms with Gasteiger partial charge >= 0.3 is 0 Å². The largest absolute Gasteiger partial charge is 0.370 e. The third-order valence-electron chi connectivity index (χ3n) is 3.49. The van der Waals surface area contributed by atoms with Gasteiger partial charge in [-0.25, -0.2) is 0 Å². The van der Waals surface area contributed by atoms with E-state index in [0.29, 0.717) is 0 Å². The zero-order valence-electron chi connectivity index (χ0n) is 12.3. The highest BCUT2D eigenvalue weighted by Crippen LogP contribution is 2.33. The van der Waals surface area contributed by atoms with E-state index >= 15 is 0 Å². The monoisotopic (exact) mass is 317 g/mol. The summed E-state index contributed by atoms with van der Waals surface area (Å²) in [5.41, 5.74) is 12.7. The predicted molar refractivity (Wildman–Crippen MR) is 92.1 cm³/mol. The van der Waals surface area contributed by atoms with E-state index < -0.39 is 5.92 Å². The number of aliphatic imine (C=N–C) groups is 1. The minimum absolute atomic E-state index is 0. The summed E-state index contributed by atoms with van der Waals surface area (Å²) in [5.74, 6) is -0.960. The highest BCUT2D eigenvalue weighted by molar-refractivity contribution is 5.95. The van der Waals surface area contributed by atoms with Crippen LogP contribution in [0.15, 0.2) is 65.7 Å². The average Bonchev–Trinajstić information content (AvgIpc) is 2.48. The van der Waals surface area contributed by atoms with Crippen LogP contribution in [-0.2, 0) is 4.79 Å². The third-order valence-corrected chi connectivity index (χ3v) is 3.49. The molecule has 22 heavy (non-hydrogen) atoms. The number of carbonyl (C=O) groups excluding carboxylic acids is 1. The molecule has 2 rings (SSSR count). The van der Waals surface area contributed by atoms with E-state index in [-0.39, 0.29) is 30.2 Å². The van der Waals surface area contributed by atoms with Crippen molar-refractivity contribution in [3.05, 3.63) is 71.8 Å². The van der Waals surface area contributed by atoms with Gasteiger partial charge < -0.3 is 11.5 Å². The fourth-order valence-electron chi connectivity index (χ4n) is 2.45. The van der Waals surface area contributed by atoms with Crippen LogP contribution in [0.3, 0.4) is 0 Å². The summed E-state index contributed by atoms with van der Waals surface area (Å²) in [6.45, 7) is 2.01. The highest BCUT2D eigenvalue weighted by atomic mass is 35.5. The van der Waals surface area contributed by atoms with Gasteiger partial charge in [0.25, 0.3) is 5.91 Å². The SMILES string of the molecule is CC(c1ccccc1)C(C(=O)N=C(N)N)c1ccccc1.Cl. The summed E-state index contributed by atoms with van der Waals surface area (Å²) in [6.07, 6.45) is 0. The number of hydrogen-bond acceptors (Lipinski definition) is 1. The van der Waals surface area contributed by atoms with E-state index in [1.807, 2.05) is 67.6 Å². The van der Waals surface area contributed by atoms with Crippen LogP contribution < -0.4 is 11.5 Å². The van der Waals surface area contributed by atoms with Crippen molar-refractivity contribution in [1.29, 1.82) is 0 Å². The quantitative estimate of drug-likeness (QED) is 0.672. The second kappa shape index (κ2) is 8.20. The Hall–Kier alpha value is -2.33. The van der Waals surface area contributed by atoms with Crippen LogP contribution in [0.2, 0.25) is 0 Å². The topological polar surface area (TPSA) is 81.5 Å². The zero-order chi connectivity index (χ0) is 15.2. The number of hydrogen-bond donors (Lipinski definition) is 2. The first-order valence-corrected chi connectivity index (χ1v) is 6.83. The van der Waals surface area contributed by atoms with Gasteiger partial charge in [-0.05, 0) is 17.0 Å². The molecule has 2 aromatic rings. The van der Waals surface area contributed by atoms with Crippen molar-refractivity contribution >= 4 is 24.3 Å². The summed E-state index contributed by atoms with van der Waals surface area (Å²) in [6, 6.07) is 19.4. The first kappa shape index (κ1) is 17.7. The van der Waals surface area contributed by atoms with E-state index in [9.17, 15) is 4.79 Å². The van der Waals surface area contributed by atoms with Crippen molar-refractivity contribution in [2.75, 3.05) is 0 Å². The maximum atomic E-state index is 12.4. The molecule has 0 spiro atoms. The molecular weight excluding hydrogens is 298 g/mol. The van der Waals surface area contributed by atoms with Crippen LogP contribution in [0, 0.1) is 0 Å². The number of nitrogens with two attached hydrogens (primary N) is 2. The van der Waals surface area contributed by atoms with E-state index in [4.69, 9.17) is 11.5 Å². The Morgan fingerprint density at radius 3 is 1.82 bits per heavy atom. The third kappa shape index (κ3) is 4.33. The molecular formula is C17H20ClN3O. The second-order valence-electron chi connectivity index (χ2n) is 4.96. The maximum Gasteiger partial charge on any atom is 0.257 e. The molecule has 0 saturated heterocycles. The van der Waals surface area contributed by atoms with E-state index in [1.54, 1.807) is 0 Å². The average molecular weight is 318 g/mol. The fourth-order valence-corrected chi connectivity index (χ4v) is 2.45. The van der Waals surface area contributed by atoms with Crippen molar-refractivity contribution in [2.45, 2.75) is 18.8 Å². The van der Waals surface area contributed by atoms with Crippen molar-refractivity contribution in [1.82, 2.24) is 0 Å². The lowest BCUT2D eigenvalue weighted by Gasteiger charge is -2.22. The van der Waals surface area contributed by atoms with Crippen molar-refractivity contribution in [3.63, 3.8) is 0 Å². The maximum absolute atomic E-state index is 12.4. The molecule has 0 aliphatic rings. The molecule has 5 heteroatoms. The molecule has 0 aromatic heterocycles. The van der Waals surface area contributed by atoms with Gasteiger partial charge in [0.05, 0.1) is 5.92 Å². The second-order valence-corrected chi connectivity index (χ2v) is 4.96. The van der Waals surface area contributed by atoms with Crippen LogP contribution in [0.4, 0.5) is 0 Å². The normalized spacial score (nSPS) is 12.6. The molecule has 4 N–H and O–H groups in total. The molecule has 0 fully saturated rings. The van der Waals surface area contributed by atoms with Crippen molar-refractivity contribution in [2.24, 2.45) is 16.5 Å². The number of nitrogens with zero attached hydrogens (tertiary/aromatic N) is 1.